The highest BCUT2D eigenvalue weighted by Gasteiger charge is 2.21. The largest absolute Gasteiger partial charge is 0.290 e. The Hall–Kier alpha value is -3.07. The lowest BCUT2D eigenvalue weighted by atomic mass is 9.89. The van der Waals surface area contributed by atoms with Gasteiger partial charge in [-0.3, -0.25) is 14.4 Å². The molecule has 0 fully saturated rings. The summed E-state index contributed by atoms with van der Waals surface area (Å²) in [5.41, 5.74) is 1.70. The molecule has 0 unspecified atom stereocenters. The van der Waals surface area contributed by atoms with Gasteiger partial charge in [-0.25, -0.2) is 0 Å². The summed E-state index contributed by atoms with van der Waals surface area (Å²) in [5.74, 6) is -0.698. The van der Waals surface area contributed by atoms with Gasteiger partial charge in [0.25, 0.3) is 0 Å². The van der Waals surface area contributed by atoms with Gasteiger partial charge in [-0.1, -0.05) is 54.6 Å². The highest BCUT2D eigenvalue weighted by Crippen LogP contribution is 2.25. The molecule has 0 spiro atoms. The fourth-order valence-electron chi connectivity index (χ4n) is 2.38. The first-order valence-corrected chi connectivity index (χ1v) is 6.84. The second-order valence-electron chi connectivity index (χ2n) is 4.90. The lowest BCUT2D eigenvalue weighted by molar-refractivity contribution is -0.113. The predicted octanol–water partition coefficient (Wildman–Crippen LogP) is 3.01. The van der Waals surface area contributed by atoms with Crippen LogP contribution in [-0.4, -0.2) is 17.3 Å². The van der Waals surface area contributed by atoms with E-state index in [0.29, 0.717) is 16.7 Å². The van der Waals surface area contributed by atoms with Crippen LogP contribution in [0.4, 0.5) is 0 Å². The standard InChI is InChI=1S/C19H12O3/c20-14-10-11-18(21)17(12-14)15-8-4-5-9-16(15)19(22)13-6-2-1-3-7-13/h1-12H. The Morgan fingerprint density at radius 1 is 0.773 bits per heavy atom. The highest BCUT2D eigenvalue weighted by atomic mass is 16.1. The maximum atomic E-state index is 12.7. The summed E-state index contributed by atoms with van der Waals surface area (Å²) in [4.78, 5) is 36.2. The Kier molecular flexibility index (Phi) is 3.62. The van der Waals surface area contributed by atoms with E-state index in [0.717, 1.165) is 0 Å². The first kappa shape index (κ1) is 13.9. The minimum Gasteiger partial charge on any atom is -0.290 e. The summed E-state index contributed by atoms with van der Waals surface area (Å²) in [6, 6.07) is 15.7. The third-order valence-corrected chi connectivity index (χ3v) is 3.45. The second-order valence-corrected chi connectivity index (χ2v) is 4.90. The molecule has 0 atom stereocenters. The summed E-state index contributed by atoms with van der Waals surface area (Å²) >= 11 is 0. The number of carbonyl (C=O) groups excluding carboxylic acids is 3. The Morgan fingerprint density at radius 2 is 1.45 bits per heavy atom. The van der Waals surface area contributed by atoms with Crippen LogP contribution in [0.25, 0.3) is 5.57 Å². The van der Waals surface area contributed by atoms with Gasteiger partial charge in [-0.05, 0) is 23.8 Å². The van der Waals surface area contributed by atoms with E-state index in [4.69, 9.17) is 0 Å². The molecule has 0 saturated carbocycles. The van der Waals surface area contributed by atoms with E-state index in [1.54, 1.807) is 48.5 Å². The van der Waals surface area contributed by atoms with Crippen molar-refractivity contribution in [2.24, 2.45) is 0 Å². The van der Waals surface area contributed by atoms with Gasteiger partial charge in [0, 0.05) is 16.7 Å². The molecule has 1 aliphatic carbocycles. The van der Waals surface area contributed by atoms with Crippen molar-refractivity contribution in [3.63, 3.8) is 0 Å². The molecular formula is C19H12O3. The molecule has 0 aliphatic heterocycles. The van der Waals surface area contributed by atoms with Crippen LogP contribution in [0.2, 0.25) is 0 Å². The van der Waals surface area contributed by atoms with Crippen molar-refractivity contribution in [3.8, 4) is 0 Å². The molecule has 2 aromatic carbocycles. The van der Waals surface area contributed by atoms with Gasteiger partial charge in [0.05, 0.1) is 0 Å². The smallest absolute Gasteiger partial charge is 0.193 e. The summed E-state index contributed by atoms with van der Waals surface area (Å²) < 4.78 is 0. The minimum absolute atomic E-state index is 0.174. The normalized spacial score (nSPS) is 13.9. The molecule has 0 N–H and O–H groups in total. The summed E-state index contributed by atoms with van der Waals surface area (Å²) in [6.07, 6.45) is 3.74. The molecule has 0 bridgehead atoms. The van der Waals surface area contributed by atoms with Crippen LogP contribution >= 0.6 is 0 Å². The van der Waals surface area contributed by atoms with Crippen molar-refractivity contribution in [3.05, 3.63) is 89.5 Å². The van der Waals surface area contributed by atoms with Crippen molar-refractivity contribution >= 4 is 22.9 Å². The van der Waals surface area contributed by atoms with Crippen LogP contribution in [-0.2, 0) is 9.59 Å². The van der Waals surface area contributed by atoms with Gasteiger partial charge < -0.3 is 0 Å². The van der Waals surface area contributed by atoms with E-state index in [1.807, 2.05) is 6.07 Å². The Morgan fingerprint density at radius 3 is 2.23 bits per heavy atom. The van der Waals surface area contributed by atoms with E-state index >= 15 is 0 Å². The molecule has 0 heterocycles. The molecule has 3 heteroatoms. The predicted molar refractivity (Wildman–Crippen MR) is 83.4 cm³/mol. The van der Waals surface area contributed by atoms with Crippen LogP contribution in [0.1, 0.15) is 21.5 Å². The third kappa shape index (κ3) is 2.56. The first-order valence-electron chi connectivity index (χ1n) is 6.84. The SMILES string of the molecule is O=C1C=CC(=O)C(c2ccccc2C(=O)c2ccccc2)=C1. The molecule has 0 radical (unpaired) electrons. The van der Waals surface area contributed by atoms with Gasteiger partial charge in [-0.2, -0.15) is 0 Å². The van der Waals surface area contributed by atoms with Gasteiger partial charge in [0.2, 0.25) is 0 Å². The minimum atomic E-state index is -0.270. The zero-order valence-corrected chi connectivity index (χ0v) is 11.7. The molecule has 3 rings (SSSR count). The molecule has 22 heavy (non-hydrogen) atoms. The summed E-state index contributed by atoms with van der Waals surface area (Å²) in [7, 11) is 0. The molecule has 2 aromatic rings. The van der Waals surface area contributed by atoms with Gasteiger partial charge in [0.15, 0.2) is 17.3 Å². The number of hydrogen-bond donors (Lipinski definition) is 0. The zero-order valence-electron chi connectivity index (χ0n) is 11.7. The Balaban J connectivity index is 2.10. The van der Waals surface area contributed by atoms with Crippen LogP contribution in [0.5, 0.6) is 0 Å². The number of hydrogen-bond acceptors (Lipinski definition) is 3. The van der Waals surface area contributed by atoms with Gasteiger partial charge in [-0.15, -0.1) is 0 Å². The molecule has 0 amide bonds. The van der Waals surface area contributed by atoms with E-state index in [-0.39, 0.29) is 22.9 Å². The third-order valence-electron chi connectivity index (χ3n) is 3.45. The first-order chi connectivity index (χ1) is 10.7. The fraction of sp³-hybridized carbons (Fsp3) is 0. The Bertz CT molecular complexity index is 827. The summed E-state index contributed by atoms with van der Waals surface area (Å²) in [6.45, 7) is 0. The number of carbonyl (C=O) groups is 3. The average Bonchev–Trinajstić information content (AvgIpc) is 2.57. The number of allylic oxidation sites excluding steroid dienone is 4. The average molecular weight is 288 g/mol. The molecule has 3 nitrogen and oxygen atoms in total. The van der Waals surface area contributed by atoms with Crippen LogP contribution in [0.3, 0.4) is 0 Å². The molecule has 0 saturated heterocycles. The maximum absolute atomic E-state index is 12.7. The zero-order chi connectivity index (χ0) is 15.5. The maximum Gasteiger partial charge on any atom is 0.193 e. The number of rotatable bonds is 3. The van der Waals surface area contributed by atoms with E-state index < -0.39 is 0 Å². The number of benzene rings is 2. The fourth-order valence-corrected chi connectivity index (χ4v) is 2.38. The molecule has 106 valence electrons. The monoisotopic (exact) mass is 288 g/mol. The highest BCUT2D eigenvalue weighted by molar-refractivity contribution is 6.35. The van der Waals surface area contributed by atoms with E-state index in [9.17, 15) is 14.4 Å². The van der Waals surface area contributed by atoms with Crippen molar-refractivity contribution < 1.29 is 14.4 Å². The van der Waals surface area contributed by atoms with E-state index in [2.05, 4.69) is 0 Å². The Labute approximate surface area is 127 Å². The van der Waals surface area contributed by atoms with Crippen LogP contribution < -0.4 is 0 Å². The quantitative estimate of drug-likeness (QED) is 0.644. The van der Waals surface area contributed by atoms with Crippen molar-refractivity contribution in [1.29, 1.82) is 0 Å². The molecular weight excluding hydrogens is 276 g/mol. The second kappa shape index (κ2) is 5.74. The van der Waals surface area contributed by atoms with Crippen molar-refractivity contribution in [2.45, 2.75) is 0 Å². The van der Waals surface area contributed by atoms with Crippen molar-refractivity contribution in [1.82, 2.24) is 0 Å². The molecule has 1 aliphatic rings. The van der Waals surface area contributed by atoms with Gasteiger partial charge in [0.1, 0.15) is 0 Å². The summed E-state index contributed by atoms with van der Waals surface area (Å²) in [5, 5.41) is 0. The van der Waals surface area contributed by atoms with Crippen LogP contribution in [0, 0.1) is 0 Å². The van der Waals surface area contributed by atoms with Gasteiger partial charge >= 0.3 is 0 Å². The van der Waals surface area contributed by atoms with Crippen LogP contribution in [0.15, 0.2) is 72.8 Å². The van der Waals surface area contributed by atoms with E-state index in [1.165, 1.54) is 18.2 Å². The lowest BCUT2D eigenvalue weighted by Crippen LogP contribution is -2.11. The van der Waals surface area contributed by atoms with Crippen molar-refractivity contribution in [2.75, 3.05) is 0 Å². The lowest BCUT2D eigenvalue weighted by Gasteiger charge is -2.12. The number of ketones is 3. The molecule has 0 aromatic heterocycles. The topological polar surface area (TPSA) is 51.2 Å².